The number of allylic oxidation sites excluding steroid dienone is 2. The molecule has 0 unspecified atom stereocenters. The van der Waals surface area contributed by atoms with Crippen molar-refractivity contribution in [1.29, 1.82) is 0 Å². The number of fused-ring (bicyclic) bond motifs is 2. The van der Waals surface area contributed by atoms with Crippen molar-refractivity contribution in [1.82, 2.24) is 19.7 Å². The fraction of sp³-hybridized carbons (Fsp3) is 0.500. The van der Waals surface area contributed by atoms with Crippen LogP contribution in [0.3, 0.4) is 0 Å². The summed E-state index contributed by atoms with van der Waals surface area (Å²) >= 11 is 0. The van der Waals surface area contributed by atoms with Gasteiger partial charge in [-0.05, 0) is 55.6 Å². The Bertz CT molecular complexity index is 1000. The van der Waals surface area contributed by atoms with E-state index in [2.05, 4.69) is 22.3 Å². The molecule has 2 fully saturated rings. The zero-order valence-electron chi connectivity index (χ0n) is 16.3. The zero-order valence-corrected chi connectivity index (χ0v) is 16.3. The van der Waals surface area contributed by atoms with Crippen molar-refractivity contribution in [3.05, 3.63) is 58.5 Å². The molecule has 1 aliphatic heterocycles. The van der Waals surface area contributed by atoms with Gasteiger partial charge in [0.25, 0.3) is 0 Å². The molecule has 2 heterocycles. The van der Waals surface area contributed by atoms with Gasteiger partial charge < -0.3 is 4.90 Å². The highest BCUT2D eigenvalue weighted by Crippen LogP contribution is 2.44. The second-order valence-electron chi connectivity index (χ2n) is 8.59. The lowest BCUT2D eigenvalue weighted by Gasteiger charge is -2.34. The number of hydrogen-bond acceptors (Lipinski definition) is 3. The molecule has 152 valence electrons. The van der Waals surface area contributed by atoms with Crippen molar-refractivity contribution in [2.45, 2.75) is 32.1 Å². The lowest BCUT2D eigenvalue weighted by Crippen LogP contribution is -2.43. The van der Waals surface area contributed by atoms with E-state index in [9.17, 15) is 14.0 Å². The number of H-pyrrole nitrogens is 1. The minimum Gasteiger partial charge on any atom is -0.342 e. The van der Waals surface area contributed by atoms with E-state index in [1.807, 2.05) is 4.90 Å². The van der Waals surface area contributed by atoms with Gasteiger partial charge in [-0.2, -0.15) is 5.10 Å². The van der Waals surface area contributed by atoms with Gasteiger partial charge in [0.05, 0.1) is 5.69 Å². The zero-order chi connectivity index (χ0) is 20.0. The topological polar surface area (TPSA) is 71.0 Å². The van der Waals surface area contributed by atoms with Gasteiger partial charge in [-0.15, -0.1) is 0 Å². The summed E-state index contributed by atoms with van der Waals surface area (Å²) in [7, 11) is 0. The molecule has 3 atom stereocenters. The molecule has 2 aliphatic carbocycles. The summed E-state index contributed by atoms with van der Waals surface area (Å²) in [5, 5.41) is 6.59. The minimum absolute atomic E-state index is 0.166. The van der Waals surface area contributed by atoms with E-state index in [1.54, 1.807) is 18.2 Å². The number of hydrogen-bond donors (Lipinski definition) is 1. The maximum Gasteiger partial charge on any atom is 0.348 e. The molecule has 6 nitrogen and oxygen atoms in total. The summed E-state index contributed by atoms with van der Waals surface area (Å²) in [5.74, 6) is 1.92. The van der Waals surface area contributed by atoms with Crippen molar-refractivity contribution >= 4 is 5.91 Å². The molecule has 2 aromatic rings. The Labute approximate surface area is 168 Å². The first-order valence-corrected chi connectivity index (χ1v) is 10.5. The Balaban J connectivity index is 1.24. The summed E-state index contributed by atoms with van der Waals surface area (Å²) < 4.78 is 15.5. The van der Waals surface area contributed by atoms with E-state index in [0.717, 1.165) is 38.8 Å². The van der Waals surface area contributed by atoms with E-state index in [-0.39, 0.29) is 11.6 Å². The first-order valence-electron chi connectivity index (χ1n) is 10.5. The van der Waals surface area contributed by atoms with Crippen LogP contribution in [-0.4, -0.2) is 38.7 Å². The van der Waals surface area contributed by atoms with Crippen LogP contribution >= 0.6 is 0 Å². The highest BCUT2D eigenvalue weighted by atomic mass is 19.1. The van der Waals surface area contributed by atoms with Crippen LogP contribution in [0, 0.1) is 29.5 Å². The van der Waals surface area contributed by atoms with Gasteiger partial charge in [0, 0.05) is 25.4 Å². The number of para-hydroxylation sites is 1. The number of carbonyl (C=O) groups is 1. The van der Waals surface area contributed by atoms with E-state index in [1.165, 1.54) is 10.6 Å². The first kappa shape index (κ1) is 18.3. The van der Waals surface area contributed by atoms with Gasteiger partial charge in [-0.1, -0.05) is 24.3 Å². The molecule has 5 rings (SSSR count). The maximum atomic E-state index is 14.2. The Morgan fingerprint density at radius 1 is 1.17 bits per heavy atom. The van der Waals surface area contributed by atoms with Gasteiger partial charge in [0.1, 0.15) is 11.6 Å². The molecule has 2 bridgehead atoms. The number of halogens is 1. The molecule has 0 radical (unpaired) electrons. The lowest BCUT2D eigenvalue weighted by molar-refractivity contribution is -0.137. The Morgan fingerprint density at radius 3 is 2.66 bits per heavy atom. The molecule has 1 saturated heterocycles. The number of carbonyl (C=O) groups excluding carboxylic acids is 1. The average Bonchev–Trinajstić information content (AvgIpc) is 3.45. The van der Waals surface area contributed by atoms with Crippen molar-refractivity contribution in [2.75, 3.05) is 13.1 Å². The van der Waals surface area contributed by atoms with Crippen molar-refractivity contribution in [3.63, 3.8) is 0 Å². The maximum absolute atomic E-state index is 14.2. The monoisotopic (exact) mass is 396 g/mol. The van der Waals surface area contributed by atoms with Crippen LogP contribution < -0.4 is 5.69 Å². The molecule has 1 aromatic carbocycles. The van der Waals surface area contributed by atoms with Crippen LogP contribution in [0.4, 0.5) is 4.39 Å². The molecule has 3 aliphatic rings. The highest BCUT2D eigenvalue weighted by molar-refractivity contribution is 5.80. The van der Waals surface area contributed by atoms with E-state index in [4.69, 9.17) is 0 Å². The Hall–Kier alpha value is -2.70. The number of benzene rings is 1. The van der Waals surface area contributed by atoms with Gasteiger partial charge in [0.2, 0.25) is 5.91 Å². The van der Waals surface area contributed by atoms with E-state index in [0.29, 0.717) is 35.9 Å². The smallest absolute Gasteiger partial charge is 0.342 e. The summed E-state index contributed by atoms with van der Waals surface area (Å²) in [6.45, 7) is 1.49. The van der Waals surface area contributed by atoms with Gasteiger partial charge in [0.15, 0.2) is 0 Å². The third kappa shape index (κ3) is 3.32. The van der Waals surface area contributed by atoms with Crippen molar-refractivity contribution < 1.29 is 9.18 Å². The Kier molecular flexibility index (Phi) is 4.60. The minimum atomic E-state index is -0.447. The number of nitrogens with one attached hydrogen (secondary N) is 1. The largest absolute Gasteiger partial charge is 0.348 e. The number of nitrogens with zero attached hydrogens (tertiary/aromatic N) is 3. The van der Waals surface area contributed by atoms with Gasteiger partial charge in [-0.3, -0.25) is 4.79 Å². The second kappa shape index (κ2) is 7.28. The molecule has 29 heavy (non-hydrogen) atoms. The van der Waals surface area contributed by atoms with Crippen LogP contribution in [-0.2, 0) is 11.2 Å². The molecule has 1 N–H and O–H groups in total. The SMILES string of the molecule is O=C([C@@H]1C[C@H]2C=C[C@H]1C2)N1CCC(Cc2n[nH]c(=O)n2-c2ccccc2F)CC1. The van der Waals surface area contributed by atoms with Crippen LogP contribution in [0.2, 0.25) is 0 Å². The molecule has 1 aromatic heterocycles. The highest BCUT2D eigenvalue weighted by Gasteiger charge is 2.42. The fourth-order valence-corrected chi connectivity index (χ4v) is 5.26. The number of piperidine rings is 1. The third-order valence-electron chi connectivity index (χ3n) is 6.83. The third-order valence-corrected chi connectivity index (χ3v) is 6.83. The van der Waals surface area contributed by atoms with Crippen LogP contribution in [0.25, 0.3) is 5.69 Å². The normalized spacial score (nSPS) is 26.4. The number of rotatable bonds is 4. The van der Waals surface area contributed by atoms with Crippen molar-refractivity contribution in [2.24, 2.45) is 23.7 Å². The lowest BCUT2D eigenvalue weighted by atomic mass is 9.89. The number of aromatic amines is 1. The predicted octanol–water partition coefficient (Wildman–Crippen LogP) is 2.69. The number of likely N-dealkylation sites (tertiary alicyclic amines) is 1. The van der Waals surface area contributed by atoms with E-state index < -0.39 is 11.5 Å². The van der Waals surface area contributed by atoms with Gasteiger partial charge >= 0.3 is 5.69 Å². The number of aromatic nitrogens is 3. The number of amides is 1. The summed E-state index contributed by atoms with van der Waals surface area (Å²) in [6, 6.07) is 6.23. The average molecular weight is 396 g/mol. The molecular weight excluding hydrogens is 371 g/mol. The molecule has 1 saturated carbocycles. The Morgan fingerprint density at radius 2 is 1.97 bits per heavy atom. The molecular formula is C22H25FN4O2. The van der Waals surface area contributed by atoms with Gasteiger partial charge in [-0.25, -0.2) is 18.9 Å². The van der Waals surface area contributed by atoms with E-state index >= 15 is 0 Å². The molecule has 0 spiro atoms. The van der Waals surface area contributed by atoms with Crippen LogP contribution in [0.1, 0.15) is 31.5 Å². The second-order valence-corrected chi connectivity index (χ2v) is 8.59. The van der Waals surface area contributed by atoms with Crippen LogP contribution in [0.5, 0.6) is 0 Å². The summed E-state index contributed by atoms with van der Waals surface area (Å²) in [4.78, 5) is 27.1. The summed E-state index contributed by atoms with van der Waals surface area (Å²) in [5.41, 5.74) is -0.208. The quantitative estimate of drug-likeness (QED) is 0.808. The predicted molar refractivity (Wildman–Crippen MR) is 106 cm³/mol. The standard InChI is InChI=1S/C22H25FN4O2/c23-18-3-1-2-4-19(18)27-20(24-25-22(27)29)13-14-7-9-26(10-8-14)21(28)17-12-15-5-6-16(17)11-15/h1-6,14-17H,7-13H2,(H,25,29)/t15-,16-,17+/m0/s1. The molecule has 1 amide bonds. The first-order chi connectivity index (χ1) is 14.1. The fourth-order valence-electron chi connectivity index (χ4n) is 5.26. The van der Waals surface area contributed by atoms with Crippen molar-refractivity contribution in [3.8, 4) is 5.69 Å². The summed E-state index contributed by atoms with van der Waals surface area (Å²) in [6.07, 6.45) is 8.97. The molecule has 7 heteroatoms. The van der Waals surface area contributed by atoms with Crippen LogP contribution in [0.15, 0.2) is 41.2 Å².